The Kier molecular flexibility index (Phi) is 6.73. The van der Waals surface area contributed by atoms with E-state index in [1.807, 2.05) is 12.1 Å². The second-order valence-electron chi connectivity index (χ2n) is 5.81. The van der Waals surface area contributed by atoms with Gasteiger partial charge >= 0.3 is 17.9 Å². The Morgan fingerprint density at radius 2 is 1.72 bits per heavy atom. The van der Waals surface area contributed by atoms with Gasteiger partial charge in [-0.05, 0) is 31.0 Å². The van der Waals surface area contributed by atoms with Crippen molar-refractivity contribution in [3.05, 3.63) is 30.1 Å². The second kappa shape index (κ2) is 9.00. The molecule has 0 aromatic carbocycles. The van der Waals surface area contributed by atoms with E-state index in [-0.39, 0.29) is 6.09 Å². The van der Waals surface area contributed by atoms with Crippen LogP contribution in [0.4, 0.5) is 4.79 Å². The van der Waals surface area contributed by atoms with Gasteiger partial charge in [-0.2, -0.15) is 0 Å². The van der Waals surface area contributed by atoms with Gasteiger partial charge in [0.2, 0.25) is 0 Å². The van der Waals surface area contributed by atoms with Crippen LogP contribution in [0.1, 0.15) is 12.5 Å². The number of carbonyl (C=O) groups excluding carboxylic acids is 3. The zero-order valence-corrected chi connectivity index (χ0v) is 14.7. The van der Waals surface area contributed by atoms with Crippen LogP contribution in [-0.4, -0.2) is 84.0 Å². The molecule has 0 atom stereocenters. The number of likely N-dealkylation sites (N-methyl/N-ethyl adjacent to an activating group) is 1. The summed E-state index contributed by atoms with van der Waals surface area (Å²) < 4.78 is 4.94. The molecule has 25 heavy (non-hydrogen) atoms. The molecule has 0 N–H and O–H groups in total. The highest BCUT2D eigenvalue weighted by atomic mass is 16.6. The van der Waals surface area contributed by atoms with Crippen molar-refractivity contribution in [1.82, 2.24) is 19.7 Å². The molecule has 2 rings (SSSR count). The summed E-state index contributed by atoms with van der Waals surface area (Å²) in [5.41, 5.74) is 1.06. The van der Waals surface area contributed by atoms with Crippen molar-refractivity contribution in [3.63, 3.8) is 0 Å². The molecular weight excluding hydrogens is 324 g/mol. The third-order valence-electron chi connectivity index (χ3n) is 4.11. The molecule has 1 aliphatic rings. The maximum absolute atomic E-state index is 12.3. The molecule has 2 heterocycles. The van der Waals surface area contributed by atoms with Crippen molar-refractivity contribution < 1.29 is 19.1 Å². The first-order chi connectivity index (χ1) is 12.0. The van der Waals surface area contributed by atoms with Crippen molar-refractivity contribution in [2.45, 2.75) is 13.3 Å². The maximum Gasteiger partial charge on any atom is 0.409 e. The minimum Gasteiger partial charge on any atom is -0.450 e. The van der Waals surface area contributed by atoms with Gasteiger partial charge in [-0.15, -0.1) is 0 Å². The Labute approximate surface area is 147 Å². The number of piperazine rings is 1. The van der Waals surface area contributed by atoms with E-state index in [1.165, 1.54) is 9.80 Å². The van der Waals surface area contributed by atoms with E-state index in [1.54, 1.807) is 31.3 Å². The molecule has 1 aromatic rings. The summed E-state index contributed by atoms with van der Waals surface area (Å²) >= 11 is 0. The van der Waals surface area contributed by atoms with E-state index < -0.39 is 11.8 Å². The minimum absolute atomic E-state index is 0.318. The number of amides is 3. The highest BCUT2D eigenvalue weighted by molar-refractivity contribution is 6.34. The standard InChI is InChI=1S/C17H24N4O4/c1-3-25-17(24)21-12-10-20(11-13-21)16(23)15(22)19(2)9-6-14-4-7-18-8-5-14/h4-5,7-8H,3,6,9-13H2,1-2H3. The van der Waals surface area contributed by atoms with Crippen molar-refractivity contribution in [3.8, 4) is 0 Å². The molecule has 0 radical (unpaired) electrons. The Morgan fingerprint density at radius 3 is 2.32 bits per heavy atom. The van der Waals surface area contributed by atoms with Crippen LogP contribution in [0.3, 0.4) is 0 Å². The molecule has 0 spiro atoms. The van der Waals surface area contributed by atoms with Gasteiger partial charge in [-0.1, -0.05) is 0 Å². The molecule has 3 amide bonds. The quantitative estimate of drug-likeness (QED) is 0.735. The van der Waals surface area contributed by atoms with Crippen LogP contribution in [0.2, 0.25) is 0 Å². The zero-order chi connectivity index (χ0) is 18.2. The van der Waals surface area contributed by atoms with Crippen LogP contribution in [-0.2, 0) is 20.7 Å². The summed E-state index contributed by atoms with van der Waals surface area (Å²) in [7, 11) is 1.62. The van der Waals surface area contributed by atoms with Gasteiger partial charge in [0.05, 0.1) is 6.61 Å². The van der Waals surface area contributed by atoms with E-state index in [4.69, 9.17) is 4.74 Å². The monoisotopic (exact) mass is 348 g/mol. The first-order valence-electron chi connectivity index (χ1n) is 8.38. The number of ether oxygens (including phenoxy) is 1. The number of nitrogens with zero attached hydrogens (tertiary/aromatic N) is 4. The summed E-state index contributed by atoms with van der Waals surface area (Å²) in [6.07, 6.45) is 3.68. The number of hydrogen-bond acceptors (Lipinski definition) is 5. The van der Waals surface area contributed by atoms with Crippen LogP contribution >= 0.6 is 0 Å². The van der Waals surface area contributed by atoms with Gasteiger partial charge < -0.3 is 19.4 Å². The largest absolute Gasteiger partial charge is 0.450 e. The molecule has 0 aliphatic carbocycles. The molecule has 1 aromatic heterocycles. The highest BCUT2D eigenvalue weighted by Crippen LogP contribution is 2.06. The van der Waals surface area contributed by atoms with Crippen molar-refractivity contribution in [1.29, 1.82) is 0 Å². The molecule has 1 fully saturated rings. The van der Waals surface area contributed by atoms with Gasteiger partial charge in [0, 0.05) is 52.2 Å². The van der Waals surface area contributed by atoms with E-state index >= 15 is 0 Å². The van der Waals surface area contributed by atoms with Crippen LogP contribution in [0.15, 0.2) is 24.5 Å². The lowest BCUT2D eigenvalue weighted by Crippen LogP contribution is -2.54. The van der Waals surface area contributed by atoms with E-state index in [0.29, 0.717) is 45.8 Å². The molecule has 136 valence electrons. The Morgan fingerprint density at radius 1 is 1.12 bits per heavy atom. The normalized spacial score (nSPS) is 14.2. The van der Waals surface area contributed by atoms with Gasteiger partial charge in [-0.25, -0.2) is 4.79 Å². The fourth-order valence-electron chi connectivity index (χ4n) is 2.55. The summed E-state index contributed by atoms with van der Waals surface area (Å²) in [6.45, 7) is 3.94. The third-order valence-corrected chi connectivity index (χ3v) is 4.11. The van der Waals surface area contributed by atoms with Gasteiger partial charge in [0.1, 0.15) is 0 Å². The molecule has 8 nitrogen and oxygen atoms in total. The second-order valence-corrected chi connectivity index (χ2v) is 5.81. The summed E-state index contributed by atoms with van der Waals surface area (Å²) in [5, 5.41) is 0. The molecule has 1 aliphatic heterocycles. The number of pyridine rings is 1. The smallest absolute Gasteiger partial charge is 0.409 e. The van der Waals surface area contributed by atoms with Crippen LogP contribution in [0.25, 0.3) is 0 Å². The lowest BCUT2D eigenvalue weighted by atomic mass is 10.2. The lowest BCUT2D eigenvalue weighted by Gasteiger charge is -2.34. The summed E-state index contributed by atoms with van der Waals surface area (Å²) in [4.78, 5) is 44.7. The number of carbonyl (C=O) groups is 3. The highest BCUT2D eigenvalue weighted by Gasteiger charge is 2.29. The number of hydrogen-bond donors (Lipinski definition) is 0. The lowest BCUT2D eigenvalue weighted by molar-refractivity contribution is -0.151. The first-order valence-corrected chi connectivity index (χ1v) is 8.38. The molecule has 0 bridgehead atoms. The van der Waals surface area contributed by atoms with Crippen molar-refractivity contribution in [2.24, 2.45) is 0 Å². The Bertz CT molecular complexity index is 600. The van der Waals surface area contributed by atoms with Crippen LogP contribution < -0.4 is 0 Å². The van der Waals surface area contributed by atoms with Gasteiger partial charge in [-0.3, -0.25) is 14.6 Å². The Balaban J connectivity index is 1.80. The average Bonchev–Trinajstić information content (AvgIpc) is 2.66. The van der Waals surface area contributed by atoms with Crippen LogP contribution in [0.5, 0.6) is 0 Å². The SMILES string of the molecule is CCOC(=O)N1CCN(C(=O)C(=O)N(C)CCc2ccncc2)CC1. The van der Waals surface area contributed by atoms with Crippen LogP contribution in [0, 0.1) is 0 Å². The number of rotatable bonds is 4. The topological polar surface area (TPSA) is 83.0 Å². The fraction of sp³-hybridized carbons (Fsp3) is 0.529. The van der Waals surface area contributed by atoms with Gasteiger partial charge in [0.15, 0.2) is 0 Å². The van der Waals surface area contributed by atoms with Crippen molar-refractivity contribution >= 4 is 17.9 Å². The van der Waals surface area contributed by atoms with E-state index in [9.17, 15) is 14.4 Å². The number of aromatic nitrogens is 1. The maximum atomic E-state index is 12.3. The fourth-order valence-corrected chi connectivity index (χ4v) is 2.55. The predicted molar refractivity (Wildman–Crippen MR) is 90.8 cm³/mol. The minimum atomic E-state index is -0.529. The third kappa shape index (κ3) is 5.17. The predicted octanol–water partition coefficient (Wildman–Crippen LogP) is 0.383. The first kappa shape index (κ1) is 18.7. The van der Waals surface area contributed by atoms with Crippen molar-refractivity contribution in [2.75, 3.05) is 46.4 Å². The zero-order valence-electron chi connectivity index (χ0n) is 14.7. The molecule has 0 saturated carbocycles. The molecule has 0 unspecified atom stereocenters. The summed E-state index contributed by atoms with van der Waals surface area (Å²) in [6, 6.07) is 3.77. The molecule has 1 saturated heterocycles. The molecular formula is C17H24N4O4. The van der Waals surface area contributed by atoms with E-state index in [0.717, 1.165) is 5.56 Å². The Hall–Kier alpha value is -2.64. The average molecular weight is 348 g/mol. The summed E-state index contributed by atoms with van der Waals surface area (Å²) in [5.74, 6) is -1.06. The molecule has 8 heteroatoms. The van der Waals surface area contributed by atoms with Gasteiger partial charge in [0.25, 0.3) is 0 Å². The van der Waals surface area contributed by atoms with E-state index in [2.05, 4.69) is 4.98 Å².